The van der Waals surface area contributed by atoms with Gasteiger partial charge in [0.05, 0.1) is 21.3 Å². The topological polar surface area (TPSA) is 92.0 Å². The Morgan fingerprint density at radius 1 is 1.19 bits per heavy atom. The van der Waals surface area contributed by atoms with Crippen molar-refractivity contribution < 1.29 is 22.0 Å². The standard InChI is InChI=1S/C21H19BrFN3O4S/c1-14-7-9-17(10-8-14)31(28,29)26(20-6-4-3-5-19(20)23)13-21(27)25-24-12-16-11-18(22)15(2)30-16/h3-12H,13H2,1-2H3,(H,25,27). The van der Waals surface area contributed by atoms with E-state index in [-0.39, 0.29) is 10.6 Å². The van der Waals surface area contributed by atoms with Gasteiger partial charge in [-0.05, 0) is 54.0 Å². The van der Waals surface area contributed by atoms with E-state index in [9.17, 15) is 17.6 Å². The summed E-state index contributed by atoms with van der Waals surface area (Å²) in [6.45, 7) is 2.90. The van der Waals surface area contributed by atoms with E-state index in [1.54, 1.807) is 25.1 Å². The Morgan fingerprint density at radius 2 is 1.87 bits per heavy atom. The second-order valence-corrected chi connectivity index (χ2v) is 9.34. The number of hydrogen-bond donors (Lipinski definition) is 1. The average molecular weight is 508 g/mol. The Labute approximate surface area is 187 Å². The molecule has 3 aromatic rings. The van der Waals surface area contributed by atoms with Crippen LogP contribution in [0.5, 0.6) is 0 Å². The maximum Gasteiger partial charge on any atom is 0.264 e. The third-order valence-electron chi connectivity index (χ3n) is 4.27. The van der Waals surface area contributed by atoms with Crippen LogP contribution in [0.15, 0.2) is 73.5 Å². The summed E-state index contributed by atoms with van der Waals surface area (Å²) in [6.07, 6.45) is 1.28. The van der Waals surface area contributed by atoms with Crippen LogP contribution in [0.3, 0.4) is 0 Å². The number of furan rings is 1. The van der Waals surface area contributed by atoms with Gasteiger partial charge in [0.2, 0.25) is 0 Å². The van der Waals surface area contributed by atoms with Gasteiger partial charge in [0, 0.05) is 6.07 Å². The summed E-state index contributed by atoms with van der Waals surface area (Å²) in [4.78, 5) is 12.4. The van der Waals surface area contributed by atoms with Crippen LogP contribution in [0.2, 0.25) is 0 Å². The number of nitrogens with one attached hydrogen (secondary N) is 1. The number of hydrogen-bond acceptors (Lipinski definition) is 5. The van der Waals surface area contributed by atoms with E-state index in [0.29, 0.717) is 15.8 Å². The van der Waals surface area contributed by atoms with Gasteiger partial charge in [0.25, 0.3) is 15.9 Å². The van der Waals surface area contributed by atoms with Crippen molar-refractivity contribution in [1.29, 1.82) is 0 Å². The molecule has 162 valence electrons. The van der Waals surface area contributed by atoms with E-state index in [2.05, 4.69) is 26.5 Å². The van der Waals surface area contributed by atoms with E-state index < -0.39 is 28.3 Å². The Balaban J connectivity index is 1.85. The van der Waals surface area contributed by atoms with Crippen molar-refractivity contribution in [1.82, 2.24) is 5.43 Å². The highest BCUT2D eigenvalue weighted by Crippen LogP contribution is 2.26. The van der Waals surface area contributed by atoms with Gasteiger partial charge in [0.1, 0.15) is 23.9 Å². The van der Waals surface area contributed by atoms with Crippen LogP contribution in [0, 0.1) is 19.7 Å². The van der Waals surface area contributed by atoms with Crippen molar-refractivity contribution in [3.63, 3.8) is 0 Å². The lowest BCUT2D eigenvalue weighted by Crippen LogP contribution is -2.40. The molecule has 0 bridgehead atoms. The Kier molecular flexibility index (Phi) is 6.91. The minimum Gasteiger partial charge on any atom is -0.459 e. The summed E-state index contributed by atoms with van der Waals surface area (Å²) in [6, 6.07) is 13.1. The molecule has 3 rings (SSSR count). The molecule has 0 saturated carbocycles. The zero-order chi connectivity index (χ0) is 22.6. The second-order valence-electron chi connectivity index (χ2n) is 6.62. The fourth-order valence-corrected chi connectivity index (χ4v) is 4.41. The summed E-state index contributed by atoms with van der Waals surface area (Å²) in [5.41, 5.74) is 2.86. The lowest BCUT2D eigenvalue weighted by molar-refractivity contribution is -0.119. The molecule has 1 aromatic heterocycles. The Morgan fingerprint density at radius 3 is 2.48 bits per heavy atom. The minimum atomic E-state index is -4.21. The van der Waals surface area contributed by atoms with Gasteiger partial charge in [-0.15, -0.1) is 0 Å². The van der Waals surface area contributed by atoms with Gasteiger partial charge in [-0.1, -0.05) is 29.8 Å². The number of para-hydroxylation sites is 1. The predicted molar refractivity (Wildman–Crippen MR) is 119 cm³/mol. The zero-order valence-corrected chi connectivity index (χ0v) is 19.1. The van der Waals surface area contributed by atoms with Crippen LogP contribution in [0.25, 0.3) is 0 Å². The van der Waals surface area contributed by atoms with Gasteiger partial charge >= 0.3 is 0 Å². The van der Waals surface area contributed by atoms with Crippen LogP contribution < -0.4 is 9.73 Å². The molecule has 0 aliphatic heterocycles. The highest BCUT2D eigenvalue weighted by Gasteiger charge is 2.29. The first-order chi connectivity index (χ1) is 14.7. The van der Waals surface area contributed by atoms with Crippen molar-refractivity contribution in [3.05, 3.63) is 82.0 Å². The summed E-state index contributed by atoms with van der Waals surface area (Å²) in [7, 11) is -4.21. The zero-order valence-electron chi connectivity index (χ0n) is 16.7. The Bertz CT molecular complexity index is 1200. The molecular weight excluding hydrogens is 489 g/mol. The lowest BCUT2D eigenvalue weighted by atomic mass is 10.2. The smallest absolute Gasteiger partial charge is 0.264 e. The molecule has 0 radical (unpaired) electrons. The molecule has 10 heteroatoms. The Hall–Kier alpha value is -2.98. The molecule has 0 fully saturated rings. The number of amides is 1. The first-order valence-corrected chi connectivity index (χ1v) is 11.3. The number of carbonyl (C=O) groups excluding carboxylic acids is 1. The molecular formula is C21H19BrFN3O4S. The number of halogens is 2. The molecule has 0 aliphatic carbocycles. The first kappa shape index (κ1) is 22.7. The molecule has 2 aromatic carbocycles. The monoisotopic (exact) mass is 507 g/mol. The quantitative estimate of drug-likeness (QED) is 0.384. The lowest BCUT2D eigenvalue weighted by Gasteiger charge is -2.24. The highest BCUT2D eigenvalue weighted by molar-refractivity contribution is 9.10. The largest absolute Gasteiger partial charge is 0.459 e. The molecule has 0 spiro atoms. The highest BCUT2D eigenvalue weighted by atomic mass is 79.9. The van der Waals surface area contributed by atoms with Crippen LogP contribution in [-0.2, 0) is 14.8 Å². The second kappa shape index (κ2) is 9.44. The van der Waals surface area contributed by atoms with Gasteiger partial charge in [0.15, 0.2) is 0 Å². The molecule has 0 saturated heterocycles. The van der Waals surface area contributed by atoms with Gasteiger partial charge < -0.3 is 4.42 Å². The molecule has 0 atom stereocenters. The fraction of sp³-hybridized carbons (Fsp3) is 0.143. The number of benzene rings is 2. The fourth-order valence-electron chi connectivity index (χ4n) is 2.67. The van der Waals surface area contributed by atoms with Gasteiger partial charge in [-0.2, -0.15) is 5.10 Å². The maximum absolute atomic E-state index is 14.4. The van der Waals surface area contributed by atoms with Crippen molar-refractivity contribution in [2.75, 3.05) is 10.8 Å². The number of sulfonamides is 1. The van der Waals surface area contributed by atoms with Crippen LogP contribution >= 0.6 is 15.9 Å². The molecule has 0 aliphatic rings. The predicted octanol–water partition coefficient (Wildman–Crippen LogP) is 4.14. The summed E-state index contributed by atoms with van der Waals surface area (Å²) >= 11 is 3.30. The molecule has 7 nitrogen and oxygen atoms in total. The summed E-state index contributed by atoms with van der Waals surface area (Å²) in [5.74, 6) is -0.492. The number of rotatable bonds is 7. The van der Waals surface area contributed by atoms with E-state index in [4.69, 9.17) is 4.42 Å². The van der Waals surface area contributed by atoms with E-state index in [0.717, 1.165) is 16.1 Å². The SMILES string of the molecule is Cc1ccc(S(=O)(=O)N(CC(=O)NN=Cc2cc(Br)c(C)o2)c2ccccc2F)cc1. The molecule has 1 N–H and O–H groups in total. The number of hydrazone groups is 1. The normalized spacial score (nSPS) is 11.6. The summed E-state index contributed by atoms with van der Waals surface area (Å²) in [5, 5.41) is 3.78. The molecule has 1 heterocycles. The number of aryl methyl sites for hydroxylation is 2. The van der Waals surface area contributed by atoms with Crippen LogP contribution in [-0.4, -0.2) is 27.1 Å². The average Bonchev–Trinajstić information content (AvgIpc) is 3.04. The molecule has 0 unspecified atom stereocenters. The number of anilines is 1. The number of nitrogens with zero attached hydrogens (tertiary/aromatic N) is 2. The third-order valence-corrected chi connectivity index (χ3v) is 6.84. The maximum atomic E-state index is 14.4. The van der Waals surface area contributed by atoms with Crippen molar-refractivity contribution in [3.8, 4) is 0 Å². The third kappa shape index (κ3) is 5.39. The van der Waals surface area contributed by atoms with E-state index in [1.165, 1.54) is 36.5 Å². The molecule has 31 heavy (non-hydrogen) atoms. The van der Waals surface area contributed by atoms with Crippen molar-refractivity contribution in [2.45, 2.75) is 18.7 Å². The van der Waals surface area contributed by atoms with Crippen molar-refractivity contribution in [2.24, 2.45) is 5.10 Å². The van der Waals surface area contributed by atoms with E-state index >= 15 is 0 Å². The summed E-state index contributed by atoms with van der Waals surface area (Å²) < 4.78 is 47.6. The first-order valence-electron chi connectivity index (χ1n) is 9.10. The van der Waals surface area contributed by atoms with Crippen LogP contribution in [0.4, 0.5) is 10.1 Å². The van der Waals surface area contributed by atoms with E-state index in [1.807, 2.05) is 6.92 Å². The van der Waals surface area contributed by atoms with Crippen molar-refractivity contribution >= 4 is 43.8 Å². The van der Waals surface area contributed by atoms with Gasteiger partial charge in [-0.25, -0.2) is 18.2 Å². The minimum absolute atomic E-state index is 0.0615. The van der Waals surface area contributed by atoms with Gasteiger partial charge in [-0.3, -0.25) is 9.10 Å². The molecule has 1 amide bonds. The number of carbonyl (C=O) groups is 1. The van der Waals surface area contributed by atoms with Crippen LogP contribution in [0.1, 0.15) is 17.1 Å².